The second kappa shape index (κ2) is 4.42. The van der Waals surface area contributed by atoms with E-state index in [2.05, 4.69) is 46.7 Å². The molecule has 2 atom stereocenters. The predicted octanol–water partition coefficient (Wildman–Crippen LogP) is 4.17. The third-order valence-electron chi connectivity index (χ3n) is 5.29. The quantitative estimate of drug-likeness (QED) is 0.825. The van der Waals surface area contributed by atoms with Gasteiger partial charge in [-0.1, -0.05) is 26.0 Å². The Bertz CT molecular complexity index is 579. The summed E-state index contributed by atoms with van der Waals surface area (Å²) in [6.07, 6.45) is 4.66. The summed E-state index contributed by atoms with van der Waals surface area (Å²) in [6, 6.07) is 3.69. The van der Waals surface area contributed by atoms with Gasteiger partial charge in [0, 0.05) is 10.7 Å². The van der Waals surface area contributed by atoms with Crippen LogP contribution in [0.25, 0.3) is 0 Å². The number of hydrogen-bond acceptors (Lipinski definition) is 2. The molecule has 4 heteroatoms. The number of aromatic nitrogens is 1. The summed E-state index contributed by atoms with van der Waals surface area (Å²) in [6.45, 7) is 8.68. The SMILES string of the molecule is C=C1C(C)(C)[C@@H]2CC[C@@]1(C(=O)Nc1ccc(Br)cn1)C2. The molecule has 1 aromatic heterocycles. The van der Waals surface area contributed by atoms with Crippen molar-refractivity contribution in [1.29, 1.82) is 0 Å². The van der Waals surface area contributed by atoms with Crippen LogP contribution < -0.4 is 5.32 Å². The van der Waals surface area contributed by atoms with Gasteiger partial charge in [0.1, 0.15) is 5.82 Å². The van der Waals surface area contributed by atoms with E-state index in [9.17, 15) is 4.79 Å². The van der Waals surface area contributed by atoms with Crippen LogP contribution in [0.1, 0.15) is 33.1 Å². The maximum atomic E-state index is 12.8. The van der Waals surface area contributed by atoms with E-state index in [-0.39, 0.29) is 16.7 Å². The fourth-order valence-electron chi connectivity index (χ4n) is 3.83. The molecule has 1 heterocycles. The van der Waals surface area contributed by atoms with Gasteiger partial charge in [0.15, 0.2) is 0 Å². The minimum absolute atomic E-state index is 0.0606. The first-order valence-corrected chi connectivity index (χ1v) is 7.78. The van der Waals surface area contributed by atoms with E-state index in [1.165, 1.54) is 0 Å². The molecule has 0 aliphatic heterocycles. The number of hydrogen-bond donors (Lipinski definition) is 1. The van der Waals surface area contributed by atoms with Crippen LogP contribution in [0.3, 0.4) is 0 Å². The molecule has 2 bridgehead atoms. The van der Waals surface area contributed by atoms with Crippen molar-refractivity contribution in [2.75, 3.05) is 5.32 Å². The van der Waals surface area contributed by atoms with Crippen molar-refractivity contribution >= 4 is 27.7 Å². The minimum Gasteiger partial charge on any atom is -0.310 e. The van der Waals surface area contributed by atoms with Crippen LogP contribution in [0.2, 0.25) is 0 Å². The smallest absolute Gasteiger partial charge is 0.235 e. The van der Waals surface area contributed by atoms with Gasteiger partial charge in [0.25, 0.3) is 0 Å². The summed E-state index contributed by atoms with van der Waals surface area (Å²) in [4.78, 5) is 17.0. The minimum atomic E-state index is -0.386. The normalized spacial score (nSPS) is 30.6. The Kier molecular flexibility index (Phi) is 3.05. The van der Waals surface area contributed by atoms with Crippen molar-refractivity contribution < 1.29 is 4.79 Å². The highest BCUT2D eigenvalue weighted by Gasteiger charge is 2.60. The van der Waals surface area contributed by atoms with E-state index in [4.69, 9.17) is 0 Å². The van der Waals surface area contributed by atoms with Crippen molar-refractivity contribution in [3.63, 3.8) is 0 Å². The largest absolute Gasteiger partial charge is 0.310 e. The number of fused-ring (bicyclic) bond motifs is 2. The average molecular weight is 335 g/mol. The number of nitrogens with zero attached hydrogens (tertiary/aromatic N) is 1. The lowest BCUT2D eigenvalue weighted by Crippen LogP contribution is -2.37. The molecule has 0 spiro atoms. The molecule has 0 aromatic carbocycles. The van der Waals surface area contributed by atoms with Crippen LogP contribution >= 0.6 is 15.9 Å². The van der Waals surface area contributed by atoms with E-state index in [1.54, 1.807) is 6.20 Å². The molecule has 2 aliphatic rings. The number of pyridine rings is 1. The molecule has 1 aromatic rings. The molecule has 2 saturated carbocycles. The molecule has 3 nitrogen and oxygen atoms in total. The molecule has 0 unspecified atom stereocenters. The van der Waals surface area contributed by atoms with E-state index in [0.717, 1.165) is 29.3 Å². The topological polar surface area (TPSA) is 42.0 Å². The number of nitrogens with one attached hydrogen (secondary N) is 1. The second-order valence-electron chi connectivity index (χ2n) is 6.54. The lowest BCUT2D eigenvalue weighted by Gasteiger charge is -2.37. The highest BCUT2D eigenvalue weighted by atomic mass is 79.9. The van der Waals surface area contributed by atoms with Crippen LogP contribution in [0.15, 0.2) is 35.0 Å². The maximum absolute atomic E-state index is 12.8. The molecule has 0 radical (unpaired) electrons. The summed E-state index contributed by atoms with van der Waals surface area (Å²) in [5.74, 6) is 1.25. The summed E-state index contributed by atoms with van der Waals surface area (Å²) >= 11 is 3.34. The van der Waals surface area contributed by atoms with Crippen LogP contribution in [0, 0.1) is 16.7 Å². The number of anilines is 1. The molecule has 20 heavy (non-hydrogen) atoms. The van der Waals surface area contributed by atoms with Gasteiger partial charge in [-0.2, -0.15) is 0 Å². The Morgan fingerprint density at radius 2 is 2.25 bits per heavy atom. The number of rotatable bonds is 2. The fourth-order valence-corrected chi connectivity index (χ4v) is 4.06. The zero-order valence-corrected chi connectivity index (χ0v) is 13.5. The summed E-state index contributed by atoms with van der Waals surface area (Å²) in [5, 5.41) is 2.97. The van der Waals surface area contributed by atoms with Gasteiger partial charge >= 0.3 is 0 Å². The number of carbonyl (C=O) groups excluding carboxylic acids is 1. The van der Waals surface area contributed by atoms with E-state index < -0.39 is 0 Å². The first-order valence-electron chi connectivity index (χ1n) is 6.99. The van der Waals surface area contributed by atoms with Gasteiger partial charge in [-0.15, -0.1) is 0 Å². The van der Waals surface area contributed by atoms with Gasteiger partial charge < -0.3 is 5.32 Å². The average Bonchev–Trinajstić information content (AvgIpc) is 2.93. The van der Waals surface area contributed by atoms with Gasteiger partial charge in [0.2, 0.25) is 5.91 Å². The van der Waals surface area contributed by atoms with Crippen LogP contribution in [-0.4, -0.2) is 10.9 Å². The van der Waals surface area contributed by atoms with Crippen LogP contribution in [0.4, 0.5) is 5.82 Å². The van der Waals surface area contributed by atoms with E-state index in [1.807, 2.05) is 12.1 Å². The molecule has 2 fully saturated rings. The summed E-state index contributed by atoms with van der Waals surface area (Å²) in [5.41, 5.74) is 0.780. The number of amides is 1. The van der Waals surface area contributed by atoms with Gasteiger partial charge in [-0.05, 0) is 58.7 Å². The summed E-state index contributed by atoms with van der Waals surface area (Å²) in [7, 11) is 0. The Morgan fingerprint density at radius 1 is 1.50 bits per heavy atom. The van der Waals surface area contributed by atoms with E-state index in [0.29, 0.717) is 11.7 Å². The Balaban J connectivity index is 1.84. The van der Waals surface area contributed by atoms with Crippen molar-refractivity contribution in [1.82, 2.24) is 4.98 Å². The van der Waals surface area contributed by atoms with Gasteiger partial charge in [-0.25, -0.2) is 4.98 Å². The molecule has 1 N–H and O–H groups in total. The first-order chi connectivity index (χ1) is 9.36. The molecule has 1 amide bonds. The third-order valence-corrected chi connectivity index (χ3v) is 5.76. The Morgan fingerprint density at radius 3 is 2.80 bits per heavy atom. The zero-order valence-electron chi connectivity index (χ0n) is 11.9. The predicted molar refractivity (Wildman–Crippen MR) is 83.3 cm³/mol. The first kappa shape index (κ1) is 13.8. The van der Waals surface area contributed by atoms with Crippen molar-refractivity contribution in [3.8, 4) is 0 Å². The third kappa shape index (κ3) is 1.85. The lowest BCUT2D eigenvalue weighted by atomic mass is 9.68. The Hall–Kier alpha value is -1.16. The highest BCUT2D eigenvalue weighted by Crippen LogP contribution is 2.65. The Labute approximate surface area is 128 Å². The van der Waals surface area contributed by atoms with Crippen molar-refractivity contribution in [2.24, 2.45) is 16.7 Å². The van der Waals surface area contributed by atoms with Crippen LogP contribution in [0.5, 0.6) is 0 Å². The van der Waals surface area contributed by atoms with Gasteiger partial charge in [-0.3, -0.25) is 4.79 Å². The van der Waals surface area contributed by atoms with Crippen molar-refractivity contribution in [2.45, 2.75) is 33.1 Å². The van der Waals surface area contributed by atoms with E-state index >= 15 is 0 Å². The standard InChI is InChI=1S/C16H19BrN2O/c1-10-15(2,3)11-6-7-16(10,8-11)14(20)19-13-5-4-12(17)9-18-13/h4-5,9,11H,1,6-8H2,2-3H3,(H,18,19,20)/t11-,16-/m1/s1. The molecule has 0 saturated heterocycles. The summed E-state index contributed by atoms with van der Waals surface area (Å²) < 4.78 is 0.904. The molecule has 3 rings (SSSR count). The second-order valence-corrected chi connectivity index (χ2v) is 7.45. The van der Waals surface area contributed by atoms with Crippen LogP contribution in [-0.2, 0) is 4.79 Å². The molecule has 2 aliphatic carbocycles. The fraction of sp³-hybridized carbons (Fsp3) is 0.500. The highest BCUT2D eigenvalue weighted by molar-refractivity contribution is 9.10. The molecule has 106 valence electrons. The molecular weight excluding hydrogens is 316 g/mol. The van der Waals surface area contributed by atoms with Gasteiger partial charge in [0.05, 0.1) is 5.41 Å². The number of carbonyl (C=O) groups is 1. The number of halogens is 1. The monoisotopic (exact) mass is 334 g/mol. The lowest BCUT2D eigenvalue weighted by molar-refractivity contribution is -0.123. The zero-order chi connectivity index (χ0) is 14.5. The maximum Gasteiger partial charge on any atom is 0.235 e. The molecular formula is C16H19BrN2O. The van der Waals surface area contributed by atoms with Crippen molar-refractivity contribution in [3.05, 3.63) is 35.0 Å².